The molecule has 1 aromatic heterocycles. The number of rotatable bonds is 5. The second-order valence-corrected chi connectivity index (χ2v) is 7.09. The third-order valence-corrected chi connectivity index (χ3v) is 5.18. The first-order chi connectivity index (χ1) is 14.5. The van der Waals surface area contributed by atoms with Gasteiger partial charge >= 0.3 is 0 Å². The van der Waals surface area contributed by atoms with Gasteiger partial charge in [0.2, 0.25) is 5.78 Å². The molecule has 6 nitrogen and oxygen atoms in total. The van der Waals surface area contributed by atoms with Crippen molar-refractivity contribution < 1.29 is 28.9 Å². The van der Waals surface area contributed by atoms with Crippen LogP contribution >= 0.6 is 0 Å². The predicted molar refractivity (Wildman–Crippen MR) is 104 cm³/mol. The summed E-state index contributed by atoms with van der Waals surface area (Å²) in [6.07, 6.45) is 3.43. The van der Waals surface area contributed by atoms with Crippen LogP contribution in [0.1, 0.15) is 27.5 Å². The smallest absolute Gasteiger partial charge is 0.291 e. The Labute approximate surface area is 171 Å². The lowest BCUT2D eigenvalue weighted by atomic mass is 9.86. The molecule has 1 amide bonds. The molecule has 2 N–H and O–H groups in total. The van der Waals surface area contributed by atoms with Gasteiger partial charge in [-0.25, -0.2) is 9.37 Å². The van der Waals surface area contributed by atoms with Crippen LogP contribution in [-0.4, -0.2) is 27.5 Å². The van der Waals surface area contributed by atoms with Crippen LogP contribution in [0.4, 0.5) is 4.39 Å². The maximum absolute atomic E-state index is 13.3. The highest BCUT2D eigenvalue weighted by molar-refractivity contribution is 6.44. The van der Waals surface area contributed by atoms with E-state index in [1.54, 1.807) is 36.7 Å². The Morgan fingerprint density at radius 2 is 1.73 bits per heavy atom. The topological polar surface area (TPSA) is 88.8 Å². The van der Waals surface area contributed by atoms with Gasteiger partial charge in [-0.15, -0.1) is 0 Å². The molecule has 0 saturated carbocycles. The summed E-state index contributed by atoms with van der Waals surface area (Å²) in [6, 6.07) is 13.7. The number of ketones is 2. The third-order valence-electron chi connectivity index (χ3n) is 5.18. The lowest BCUT2D eigenvalue weighted by molar-refractivity contribution is -0.378. The Bertz CT molecular complexity index is 1100. The number of hydrogen-bond acceptors (Lipinski definition) is 4. The molecule has 0 bridgehead atoms. The minimum absolute atomic E-state index is 0.0278. The van der Waals surface area contributed by atoms with E-state index < -0.39 is 35.3 Å². The van der Waals surface area contributed by atoms with E-state index in [0.29, 0.717) is 5.56 Å². The van der Waals surface area contributed by atoms with Gasteiger partial charge in [-0.2, -0.15) is 0 Å². The Kier molecular flexibility index (Phi) is 5.10. The van der Waals surface area contributed by atoms with E-state index >= 15 is 0 Å². The van der Waals surface area contributed by atoms with Crippen molar-refractivity contribution in [1.29, 1.82) is 0 Å². The van der Waals surface area contributed by atoms with Crippen LogP contribution < -0.4 is 4.98 Å². The Morgan fingerprint density at radius 1 is 1.03 bits per heavy atom. The maximum atomic E-state index is 13.3. The monoisotopic (exact) mass is 405 g/mol. The van der Waals surface area contributed by atoms with E-state index in [2.05, 4.69) is 4.98 Å². The fourth-order valence-electron chi connectivity index (χ4n) is 3.72. The predicted octanol–water partition coefficient (Wildman–Crippen LogP) is 2.50. The summed E-state index contributed by atoms with van der Waals surface area (Å²) in [5.41, 5.74) is 1.46. The summed E-state index contributed by atoms with van der Waals surface area (Å²) >= 11 is 0. The van der Waals surface area contributed by atoms with Gasteiger partial charge < -0.3 is 10.0 Å². The van der Waals surface area contributed by atoms with Crippen LogP contribution in [0.2, 0.25) is 0 Å². The first-order valence-corrected chi connectivity index (χ1v) is 9.34. The number of phenolic OH excluding ortho intramolecular Hbond substituents is 1. The highest BCUT2D eigenvalue weighted by Crippen LogP contribution is 2.39. The molecule has 2 aromatic carbocycles. The lowest BCUT2D eigenvalue weighted by Crippen LogP contribution is -2.30. The van der Waals surface area contributed by atoms with E-state index in [4.69, 9.17) is 0 Å². The standard InChI is InChI=1S/C23H17FN2O4/c24-17-7-3-16(4-8-17)21(28)19-20(15-5-9-18(27)10-6-15)26(23(30)22(19)29)13-14-2-1-11-25-12-14/h1-12,19-20,27H,13H2/p+1. The fourth-order valence-corrected chi connectivity index (χ4v) is 3.72. The van der Waals surface area contributed by atoms with Crippen LogP contribution in [0.5, 0.6) is 5.75 Å². The molecule has 2 unspecified atom stereocenters. The van der Waals surface area contributed by atoms with Crippen LogP contribution in [0, 0.1) is 11.7 Å². The van der Waals surface area contributed by atoms with Crippen molar-refractivity contribution in [3.05, 3.63) is 95.6 Å². The van der Waals surface area contributed by atoms with Crippen molar-refractivity contribution in [3.63, 3.8) is 0 Å². The number of amides is 1. The largest absolute Gasteiger partial charge is 0.508 e. The molecule has 3 aromatic rings. The van der Waals surface area contributed by atoms with Crippen molar-refractivity contribution in [2.75, 3.05) is 0 Å². The van der Waals surface area contributed by atoms with Crippen molar-refractivity contribution >= 4 is 17.5 Å². The number of aromatic amines is 1. The molecule has 1 aliphatic rings. The van der Waals surface area contributed by atoms with E-state index in [0.717, 1.165) is 17.7 Å². The number of likely N-dealkylation sites (tertiary alicyclic amines) is 1. The number of benzene rings is 2. The number of Topliss-reactive ketones (excluding diaryl/α,β-unsaturated/α-hetero) is 2. The number of halogens is 1. The van der Waals surface area contributed by atoms with Crippen molar-refractivity contribution in [1.82, 2.24) is 4.90 Å². The highest BCUT2D eigenvalue weighted by atomic mass is 19.1. The molecular formula is C23H18FN2O4+. The van der Waals surface area contributed by atoms with Gasteiger partial charge in [-0.05, 0) is 48.0 Å². The van der Waals surface area contributed by atoms with E-state index in [9.17, 15) is 23.9 Å². The summed E-state index contributed by atoms with van der Waals surface area (Å²) in [5, 5.41) is 9.63. The number of aromatic hydroxyl groups is 1. The van der Waals surface area contributed by atoms with Crippen molar-refractivity contribution in [2.45, 2.75) is 12.6 Å². The average molecular weight is 405 g/mol. The first-order valence-electron chi connectivity index (χ1n) is 9.34. The van der Waals surface area contributed by atoms with Gasteiger partial charge in [-0.3, -0.25) is 14.4 Å². The lowest BCUT2D eigenvalue weighted by Gasteiger charge is -2.27. The number of hydrogen-bond donors (Lipinski definition) is 1. The summed E-state index contributed by atoms with van der Waals surface area (Å²) in [5.74, 6) is -3.84. The number of H-pyrrole nitrogens is 1. The molecule has 30 heavy (non-hydrogen) atoms. The maximum Gasteiger partial charge on any atom is 0.291 e. The molecule has 4 rings (SSSR count). The number of nitrogens with one attached hydrogen (secondary N) is 1. The minimum Gasteiger partial charge on any atom is -0.508 e. The fraction of sp³-hybridized carbons (Fsp3) is 0.130. The van der Waals surface area contributed by atoms with Gasteiger partial charge in [0.1, 0.15) is 17.5 Å². The number of carbonyl (C=O) groups is 3. The van der Waals surface area contributed by atoms with Gasteiger partial charge in [-0.1, -0.05) is 12.1 Å². The molecule has 2 heterocycles. The third kappa shape index (κ3) is 3.57. The SMILES string of the molecule is O=C1C(=O)N(Cc2ccc[nH+]c2)C(c2ccc(O)cc2)C1C(=O)c1ccc(F)cc1. The van der Waals surface area contributed by atoms with Crippen LogP contribution in [0.25, 0.3) is 0 Å². The molecule has 7 heteroatoms. The zero-order valence-corrected chi connectivity index (χ0v) is 15.8. The molecule has 2 atom stereocenters. The van der Waals surface area contributed by atoms with Gasteiger partial charge in [0.05, 0.1) is 12.6 Å². The van der Waals surface area contributed by atoms with E-state index in [1.165, 1.54) is 29.2 Å². The number of nitrogens with zero attached hydrogens (tertiary/aromatic N) is 1. The normalized spacial score (nSPS) is 18.6. The van der Waals surface area contributed by atoms with Crippen LogP contribution in [0.15, 0.2) is 73.1 Å². The zero-order valence-electron chi connectivity index (χ0n) is 15.8. The summed E-state index contributed by atoms with van der Waals surface area (Å²) in [4.78, 5) is 43.2. The summed E-state index contributed by atoms with van der Waals surface area (Å²) in [6.45, 7) is 0.126. The molecule has 150 valence electrons. The summed E-state index contributed by atoms with van der Waals surface area (Å²) < 4.78 is 13.3. The number of phenols is 1. The second kappa shape index (κ2) is 7.87. The number of aromatic nitrogens is 1. The number of carbonyl (C=O) groups excluding carboxylic acids is 3. The molecule has 0 radical (unpaired) electrons. The average Bonchev–Trinajstić information content (AvgIpc) is 3.00. The minimum atomic E-state index is -1.26. The molecule has 1 saturated heterocycles. The van der Waals surface area contributed by atoms with E-state index in [1.807, 2.05) is 0 Å². The molecular weight excluding hydrogens is 387 g/mol. The number of pyridine rings is 1. The molecule has 1 fully saturated rings. The molecule has 1 aliphatic heterocycles. The van der Waals surface area contributed by atoms with E-state index in [-0.39, 0.29) is 17.9 Å². The van der Waals surface area contributed by atoms with Crippen molar-refractivity contribution in [2.24, 2.45) is 5.92 Å². The second-order valence-electron chi connectivity index (χ2n) is 7.09. The van der Waals surface area contributed by atoms with Crippen LogP contribution in [-0.2, 0) is 16.1 Å². The Morgan fingerprint density at radius 3 is 2.37 bits per heavy atom. The van der Waals surface area contributed by atoms with Gasteiger partial charge in [0.25, 0.3) is 5.91 Å². The molecule has 0 spiro atoms. The highest BCUT2D eigenvalue weighted by Gasteiger charge is 2.51. The van der Waals surface area contributed by atoms with Gasteiger partial charge in [0, 0.05) is 17.2 Å². The zero-order chi connectivity index (χ0) is 21.3. The van der Waals surface area contributed by atoms with Gasteiger partial charge in [0.15, 0.2) is 18.2 Å². The summed E-state index contributed by atoms with van der Waals surface area (Å²) in [7, 11) is 0. The van der Waals surface area contributed by atoms with Crippen LogP contribution in [0.3, 0.4) is 0 Å². The Balaban J connectivity index is 1.77. The van der Waals surface area contributed by atoms with Crippen molar-refractivity contribution in [3.8, 4) is 5.75 Å². The first kappa shape index (κ1) is 19.4. The molecule has 0 aliphatic carbocycles. The quantitative estimate of drug-likeness (QED) is 0.401. The Hall–Kier alpha value is -3.87.